The monoisotopic (exact) mass is 281 g/mol. The molecule has 1 aromatic carbocycles. The summed E-state index contributed by atoms with van der Waals surface area (Å²) in [5, 5.41) is 0. The summed E-state index contributed by atoms with van der Waals surface area (Å²) in [7, 11) is 1.68. The molecule has 0 aliphatic carbocycles. The first-order valence-corrected chi connectivity index (χ1v) is 5.49. The molecule has 0 aliphatic rings. The van der Waals surface area contributed by atoms with Crippen LogP contribution in [0.25, 0.3) is 11.1 Å². The van der Waals surface area contributed by atoms with Gasteiger partial charge in [-0.3, -0.25) is 4.79 Å². The normalized spacial score (nSPS) is 10.4. The zero-order valence-corrected chi connectivity index (χ0v) is 10.2. The van der Waals surface area contributed by atoms with Crippen molar-refractivity contribution in [2.75, 3.05) is 0 Å². The first-order chi connectivity index (χ1) is 7.58. The summed E-state index contributed by atoms with van der Waals surface area (Å²) < 4.78 is 15.0. The van der Waals surface area contributed by atoms with Gasteiger partial charge in [-0.25, -0.2) is 4.39 Å². The van der Waals surface area contributed by atoms with Gasteiger partial charge in [0.1, 0.15) is 5.82 Å². The predicted octanol–water partition coefficient (Wildman–Crippen LogP) is 2.95. The number of aromatic nitrogens is 1. The van der Waals surface area contributed by atoms with Gasteiger partial charge in [0.15, 0.2) is 0 Å². The smallest absolute Gasteiger partial charge is 0.251 e. The minimum Gasteiger partial charge on any atom is -0.318 e. The van der Waals surface area contributed by atoms with Gasteiger partial charge in [-0.05, 0) is 33.6 Å². The second-order valence-corrected chi connectivity index (χ2v) is 4.35. The molecule has 0 fully saturated rings. The fourth-order valence-corrected chi connectivity index (χ4v) is 1.98. The summed E-state index contributed by atoms with van der Waals surface area (Å²) in [6.07, 6.45) is 1.72. The highest BCUT2D eigenvalue weighted by Gasteiger charge is 2.05. The highest BCUT2D eigenvalue weighted by molar-refractivity contribution is 9.10. The van der Waals surface area contributed by atoms with E-state index in [0.29, 0.717) is 4.47 Å². The van der Waals surface area contributed by atoms with Crippen molar-refractivity contribution in [1.29, 1.82) is 0 Å². The Morgan fingerprint density at radius 3 is 2.50 bits per heavy atom. The lowest BCUT2D eigenvalue weighted by atomic mass is 10.1. The second kappa shape index (κ2) is 4.22. The molecule has 82 valence electrons. The van der Waals surface area contributed by atoms with Crippen LogP contribution in [0.15, 0.2) is 45.8 Å². The molecule has 0 spiro atoms. The third-order valence-corrected chi connectivity index (χ3v) is 2.99. The molecule has 4 heteroatoms. The van der Waals surface area contributed by atoms with Gasteiger partial charge in [0.05, 0.1) is 0 Å². The molecule has 0 bridgehead atoms. The number of nitrogens with zero attached hydrogens (tertiary/aromatic N) is 1. The minimum absolute atomic E-state index is 0.0854. The first-order valence-electron chi connectivity index (χ1n) is 4.70. The number of rotatable bonds is 1. The Balaban J connectivity index is 2.60. The fraction of sp³-hybridized carbons (Fsp3) is 0.0833. The molecule has 0 amide bonds. The van der Waals surface area contributed by atoms with E-state index in [1.165, 1.54) is 22.8 Å². The summed E-state index contributed by atoms with van der Waals surface area (Å²) in [4.78, 5) is 11.4. The average Bonchev–Trinajstić information content (AvgIpc) is 2.25. The van der Waals surface area contributed by atoms with Crippen LogP contribution in [-0.4, -0.2) is 4.57 Å². The van der Waals surface area contributed by atoms with Crippen LogP contribution in [-0.2, 0) is 7.05 Å². The molecule has 2 nitrogen and oxygen atoms in total. The summed E-state index contributed by atoms with van der Waals surface area (Å²) in [6.45, 7) is 0. The maximum absolute atomic E-state index is 12.8. The second-order valence-electron chi connectivity index (χ2n) is 3.49. The van der Waals surface area contributed by atoms with Crippen molar-refractivity contribution in [2.45, 2.75) is 0 Å². The van der Waals surface area contributed by atoms with Crippen molar-refractivity contribution in [3.63, 3.8) is 0 Å². The van der Waals surface area contributed by atoms with Gasteiger partial charge in [-0.1, -0.05) is 12.1 Å². The predicted molar refractivity (Wildman–Crippen MR) is 64.8 cm³/mol. The Bertz CT molecular complexity index is 575. The van der Waals surface area contributed by atoms with Crippen LogP contribution in [0.1, 0.15) is 0 Å². The first kappa shape index (κ1) is 11.1. The van der Waals surface area contributed by atoms with E-state index in [1.807, 2.05) is 0 Å². The Labute approximate surface area is 100 Å². The fourth-order valence-electron chi connectivity index (χ4n) is 1.45. The molecule has 0 atom stereocenters. The van der Waals surface area contributed by atoms with E-state index in [9.17, 15) is 9.18 Å². The minimum atomic E-state index is -0.273. The lowest BCUT2D eigenvalue weighted by Gasteiger charge is -2.06. The van der Waals surface area contributed by atoms with Crippen molar-refractivity contribution in [3.05, 3.63) is 57.2 Å². The standard InChI is InChI=1S/C12H9BrFNO/c1-15-7-10(11(13)6-12(15)16)8-2-4-9(14)5-3-8/h2-7H,1H3. The molecule has 2 rings (SSSR count). The summed E-state index contributed by atoms with van der Waals surface area (Å²) in [5.74, 6) is -0.273. The zero-order valence-electron chi connectivity index (χ0n) is 8.58. The van der Waals surface area contributed by atoms with E-state index in [-0.39, 0.29) is 11.4 Å². The number of halogens is 2. The number of pyridine rings is 1. The van der Waals surface area contributed by atoms with E-state index in [1.54, 1.807) is 25.4 Å². The Hall–Kier alpha value is -1.42. The highest BCUT2D eigenvalue weighted by Crippen LogP contribution is 2.26. The van der Waals surface area contributed by atoms with Gasteiger partial charge in [0.25, 0.3) is 5.56 Å². The van der Waals surface area contributed by atoms with Crippen LogP contribution in [0.3, 0.4) is 0 Å². The molecule has 1 aromatic heterocycles. The summed E-state index contributed by atoms with van der Waals surface area (Å²) >= 11 is 3.33. The largest absolute Gasteiger partial charge is 0.318 e. The van der Waals surface area contributed by atoms with Crippen LogP contribution in [0.2, 0.25) is 0 Å². The topological polar surface area (TPSA) is 22.0 Å². The van der Waals surface area contributed by atoms with Crippen molar-refractivity contribution in [3.8, 4) is 11.1 Å². The van der Waals surface area contributed by atoms with Gasteiger partial charge >= 0.3 is 0 Å². The number of aryl methyl sites for hydroxylation is 1. The molecule has 0 unspecified atom stereocenters. The Morgan fingerprint density at radius 1 is 1.25 bits per heavy atom. The van der Waals surface area contributed by atoms with Gasteiger partial charge < -0.3 is 4.57 Å². The quantitative estimate of drug-likeness (QED) is 0.788. The van der Waals surface area contributed by atoms with Crippen molar-refractivity contribution >= 4 is 15.9 Å². The van der Waals surface area contributed by atoms with Crippen molar-refractivity contribution in [2.24, 2.45) is 7.05 Å². The zero-order chi connectivity index (χ0) is 11.7. The molecule has 0 saturated heterocycles. The van der Waals surface area contributed by atoms with E-state index >= 15 is 0 Å². The van der Waals surface area contributed by atoms with Gasteiger partial charge in [-0.15, -0.1) is 0 Å². The lowest BCUT2D eigenvalue weighted by molar-refractivity contribution is 0.628. The maximum atomic E-state index is 12.8. The van der Waals surface area contributed by atoms with Crippen LogP contribution in [0.4, 0.5) is 4.39 Å². The lowest BCUT2D eigenvalue weighted by Crippen LogP contribution is -2.14. The van der Waals surface area contributed by atoms with Gasteiger partial charge in [0, 0.05) is 29.3 Å². The molecular weight excluding hydrogens is 273 g/mol. The number of benzene rings is 1. The van der Waals surface area contributed by atoms with Crippen LogP contribution in [0, 0.1) is 5.82 Å². The van der Waals surface area contributed by atoms with E-state index < -0.39 is 0 Å². The third-order valence-electron chi connectivity index (χ3n) is 2.33. The molecule has 0 aliphatic heterocycles. The van der Waals surface area contributed by atoms with E-state index in [4.69, 9.17) is 0 Å². The Morgan fingerprint density at radius 2 is 1.88 bits per heavy atom. The maximum Gasteiger partial charge on any atom is 0.251 e. The Kier molecular flexibility index (Phi) is 2.92. The molecular formula is C12H9BrFNO. The van der Waals surface area contributed by atoms with Gasteiger partial charge in [-0.2, -0.15) is 0 Å². The van der Waals surface area contributed by atoms with Crippen LogP contribution in [0.5, 0.6) is 0 Å². The highest BCUT2D eigenvalue weighted by atomic mass is 79.9. The van der Waals surface area contributed by atoms with Gasteiger partial charge in [0.2, 0.25) is 0 Å². The molecule has 1 heterocycles. The molecule has 0 radical (unpaired) electrons. The van der Waals surface area contributed by atoms with E-state index in [2.05, 4.69) is 15.9 Å². The number of hydrogen-bond donors (Lipinski definition) is 0. The van der Waals surface area contributed by atoms with Crippen molar-refractivity contribution in [1.82, 2.24) is 4.57 Å². The van der Waals surface area contributed by atoms with Crippen molar-refractivity contribution < 1.29 is 4.39 Å². The van der Waals surface area contributed by atoms with Crippen LogP contribution >= 0.6 is 15.9 Å². The summed E-state index contributed by atoms with van der Waals surface area (Å²) in [6, 6.07) is 7.65. The number of hydrogen-bond acceptors (Lipinski definition) is 1. The molecule has 2 aromatic rings. The SMILES string of the molecule is Cn1cc(-c2ccc(F)cc2)c(Br)cc1=O. The van der Waals surface area contributed by atoms with Crippen LogP contribution < -0.4 is 5.56 Å². The molecule has 0 saturated carbocycles. The molecule has 0 N–H and O–H groups in total. The van der Waals surface area contributed by atoms with E-state index in [0.717, 1.165) is 11.1 Å². The third kappa shape index (κ3) is 2.07. The summed E-state index contributed by atoms with van der Waals surface area (Å²) in [5.41, 5.74) is 1.64. The molecule has 16 heavy (non-hydrogen) atoms. The average molecular weight is 282 g/mol.